The number of rotatable bonds is 6. The van der Waals surface area contributed by atoms with E-state index < -0.39 is 6.04 Å². The molecule has 0 saturated carbocycles. The Bertz CT molecular complexity index is 627. The van der Waals surface area contributed by atoms with Gasteiger partial charge in [-0.2, -0.15) is 0 Å². The summed E-state index contributed by atoms with van der Waals surface area (Å²) in [6.45, 7) is 4.55. The number of carbonyl (C=O) groups excluding carboxylic acids is 2. The SMILES string of the molecule is C=CCOc1ccc(C(=O)N2CCCC2C(=O)N(C)C)cc1OC. The zero-order chi connectivity index (χ0) is 17.7. The van der Waals surface area contributed by atoms with Gasteiger partial charge in [0.1, 0.15) is 12.6 Å². The van der Waals surface area contributed by atoms with Crippen LogP contribution in [0.3, 0.4) is 0 Å². The first-order chi connectivity index (χ1) is 11.5. The van der Waals surface area contributed by atoms with Gasteiger partial charge < -0.3 is 19.3 Å². The molecular weight excluding hydrogens is 308 g/mol. The second kappa shape index (κ2) is 7.86. The van der Waals surface area contributed by atoms with Crippen LogP contribution in [0.1, 0.15) is 23.2 Å². The van der Waals surface area contributed by atoms with Crippen molar-refractivity contribution >= 4 is 11.8 Å². The van der Waals surface area contributed by atoms with Crippen LogP contribution < -0.4 is 9.47 Å². The largest absolute Gasteiger partial charge is 0.493 e. The molecule has 1 saturated heterocycles. The highest BCUT2D eigenvalue weighted by molar-refractivity contribution is 5.98. The predicted molar refractivity (Wildman–Crippen MR) is 91.4 cm³/mol. The van der Waals surface area contributed by atoms with E-state index in [-0.39, 0.29) is 11.8 Å². The average molecular weight is 332 g/mol. The highest BCUT2D eigenvalue weighted by Gasteiger charge is 2.35. The quantitative estimate of drug-likeness (QED) is 0.747. The molecule has 6 heteroatoms. The zero-order valence-electron chi connectivity index (χ0n) is 14.4. The molecule has 1 aliphatic rings. The topological polar surface area (TPSA) is 59.1 Å². The van der Waals surface area contributed by atoms with Gasteiger partial charge in [-0.25, -0.2) is 0 Å². The van der Waals surface area contributed by atoms with E-state index in [9.17, 15) is 9.59 Å². The maximum Gasteiger partial charge on any atom is 0.254 e. The van der Waals surface area contributed by atoms with Crippen LogP contribution in [0, 0.1) is 0 Å². The summed E-state index contributed by atoms with van der Waals surface area (Å²) in [6, 6.07) is 4.65. The lowest BCUT2D eigenvalue weighted by atomic mass is 10.1. The second-order valence-corrected chi connectivity index (χ2v) is 5.85. The number of likely N-dealkylation sites (tertiary alicyclic amines) is 1. The van der Waals surface area contributed by atoms with Gasteiger partial charge in [-0.1, -0.05) is 12.7 Å². The van der Waals surface area contributed by atoms with E-state index in [4.69, 9.17) is 9.47 Å². The van der Waals surface area contributed by atoms with Gasteiger partial charge in [0.15, 0.2) is 11.5 Å². The minimum Gasteiger partial charge on any atom is -0.493 e. The molecule has 1 aromatic rings. The molecule has 1 heterocycles. The maximum absolute atomic E-state index is 12.8. The molecule has 130 valence electrons. The standard InChI is InChI=1S/C18H24N2O4/c1-5-11-24-15-9-8-13(12-16(15)23-4)17(21)20-10-6-7-14(20)18(22)19(2)3/h5,8-9,12,14H,1,6-7,10-11H2,2-4H3. The minimum absolute atomic E-state index is 0.0428. The van der Waals surface area contributed by atoms with Gasteiger partial charge in [-0.05, 0) is 31.0 Å². The molecule has 0 spiro atoms. The number of ether oxygens (including phenoxy) is 2. The molecule has 0 bridgehead atoms. The molecule has 24 heavy (non-hydrogen) atoms. The van der Waals surface area contributed by atoms with E-state index in [0.717, 1.165) is 6.42 Å². The number of carbonyl (C=O) groups is 2. The number of methoxy groups -OCH3 is 1. The van der Waals surface area contributed by atoms with E-state index in [1.54, 1.807) is 43.3 Å². The average Bonchev–Trinajstić information content (AvgIpc) is 3.07. The van der Waals surface area contributed by atoms with E-state index >= 15 is 0 Å². The molecule has 1 aromatic carbocycles. The monoisotopic (exact) mass is 332 g/mol. The Morgan fingerprint density at radius 2 is 2.12 bits per heavy atom. The molecule has 1 aliphatic heterocycles. The number of likely N-dealkylation sites (N-methyl/N-ethyl adjacent to an activating group) is 1. The molecule has 2 amide bonds. The van der Waals surface area contributed by atoms with Gasteiger partial charge in [-0.3, -0.25) is 9.59 Å². The number of hydrogen-bond donors (Lipinski definition) is 0. The molecule has 0 aromatic heterocycles. The van der Waals surface area contributed by atoms with Crippen molar-refractivity contribution in [1.29, 1.82) is 0 Å². The van der Waals surface area contributed by atoms with Crippen molar-refractivity contribution in [2.45, 2.75) is 18.9 Å². The molecule has 0 N–H and O–H groups in total. The first-order valence-corrected chi connectivity index (χ1v) is 7.93. The fourth-order valence-electron chi connectivity index (χ4n) is 2.80. The molecule has 1 fully saturated rings. The van der Waals surface area contributed by atoms with Crippen molar-refractivity contribution in [1.82, 2.24) is 9.80 Å². The Morgan fingerprint density at radius 1 is 1.38 bits per heavy atom. The summed E-state index contributed by atoms with van der Waals surface area (Å²) in [5.74, 6) is 0.827. The summed E-state index contributed by atoms with van der Waals surface area (Å²) in [5.41, 5.74) is 0.483. The van der Waals surface area contributed by atoms with Crippen LogP contribution in [0.15, 0.2) is 30.9 Å². The van der Waals surface area contributed by atoms with Gasteiger partial charge in [0.05, 0.1) is 7.11 Å². The number of nitrogens with zero attached hydrogens (tertiary/aromatic N) is 2. The van der Waals surface area contributed by atoms with Crippen LogP contribution in [0.4, 0.5) is 0 Å². The normalized spacial score (nSPS) is 16.6. The summed E-state index contributed by atoms with van der Waals surface area (Å²) < 4.78 is 10.8. The van der Waals surface area contributed by atoms with Crippen LogP contribution in [-0.2, 0) is 4.79 Å². The predicted octanol–water partition coefficient (Wildman–Crippen LogP) is 1.95. The molecule has 2 rings (SSSR count). The molecular formula is C18H24N2O4. The summed E-state index contributed by atoms with van der Waals surface area (Å²) >= 11 is 0. The Balaban J connectivity index is 2.22. The molecule has 6 nitrogen and oxygen atoms in total. The summed E-state index contributed by atoms with van der Waals surface area (Å²) in [7, 11) is 4.94. The highest BCUT2D eigenvalue weighted by Crippen LogP contribution is 2.30. The maximum atomic E-state index is 12.8. The van der Waals surface area contributed by atoms with Crippen LogP contribution >= 0.6 is 0 Å². The number of amides is 2. The first-order valence-electron chi connectivity index (χ1n) is 7.93. The van der Waals surface area contributed by atoms with E-state index in [1.165, 1.54) is 12.0 Å². The van der Waals surface area contributed by atoms with E-state index in [2.05, 4.69) is 6.58 Å². The molecule has 0 aliphatic carbocycles. The Kier molecular flexibility index (Phi) is 5.84. The lowest BCUT2D eigenvalue weighted by Crippen LogP contribution is -2.45. The fourth-order valence-corrected chi connectivity index (χ4v) is 2.80. The molecule has 0 radical (unpaired) electrons. The van der Waals surface area contributed by atoms with E-state index in [1.807, 2.05) is 0 Å². The Labute approximate surface area is 142 Å². The molecule has 1 unspecified atom stereocenters. The van der Waals surface area contributed by atoms with Crippen molar-refractivity contribution in [3.63, 3.8) is 0 Å². The van der Waals surface area contributed by atoms with Crippen LogP contribution in [0.2, 0.25) is 0 Å². The number of benzene rings is 1. The lowest BCUT2D eigenvalue weighted by Gasteiger charge is -2.26. The Hall–Kier alpha value is -2.50. The first kappa shape index (κ1) is 17.8. The van der Waals surface area contributed by atoms with Gasteiger partial charge in [0.2, 0.25) is 5.91 Å². The number of hydrogen-bond acceptors (Lipinski definition) is 4. The third-order valence-electron chi connectivity index (χ3n) is 4.01. The van der Waals surface area contributed by atoms with Crippen molar-refractivity contribution in [3.05, 3.63) is 36.4 Å². The van der Waals surface area contributed by atoms with Crippen molar-refractivity contribution in [2.24, 2.45) is 0 Å². The third kappa shape index (κ3) is 3.69. The summed E-state index contributed by atoms with van der Waals surface area (Å²) in [6.07, 6.45) is 3.16. The van der Waals surface area contributed by atoms with E-state index in [0.29, 0.717) is 36.6 Å². The second-order valence-electron chi connectivity index (χ2n) is 5.85. The summed E-state index contributed by atoms with van der Waals surface area (Å²) in [5, 5.41) is 0. The van der Waals surface area contributed by atoms with Crippen molar-refractivity contribution < 1.29 is 19.1 Å². The van der Waals surface area contributed by atoms with Crippen molar-refractivity contribution in [2.75, 3.05) is 34.4 Å². The third-order valence-corrected chi connectivity index (χ3v) is 4.01. The Morgan fingerprint density at radius 3 is 2.75 bits per heavy atom. The lowest BCUT2D eigenvalue weighted by molar-refractivity contribution is -0.132. The highest BCUT2D eigenvalue weighted by atomic mass is 16.5. The summed E-state index contributed by atoms with van der Waals surface area (Å²) in [4.78, 5) is 28.3. The van der Waals surface area contributed by atoms with Gasteiger partial charge in [0, 0.05) is 26.2 Å². The van der Waals surface area contributed by atoms with Gasteiger partial charge >= 0.3 is 0 Å². The van der Waals surface area contributed by atoms with Crippen LogP contribution in [0.5, 0.6) is 11.5 Å². The van der Waals surface area contributed by atoms with Gasteiger partial charge in [0.25, 0.3) is 5.91 Å². The zero-order valence-corrected chi connectivity index (χ0v) is 14.4. The molecule has 1 atom stereocenters. The van der Waals surface area contributed by atoms with Crippen molar-refractivity contribution in [3.8, 4) is 11.5 Å². The van der Waals surface area contributed by atoms with Gasteiger partial charge in [-0.15, -0.1) is 0 Å². The minimum atomic E-state index is -0.393. The van der Waals surface area contributed by atoms with Crippen LogP contribution in [-0.4, -0.2) is 62.0 Å². The fraction of sp³-hybridized carbons (Fsp3) is 0.444. The van der Waals surface area contributed by atoms with Crippen LogP contribution in [0.25, 0.3) is 0 Å². The smallest absolute Gasteiger partial charge is 0.254 e.